The van der Waals surface area contributed by atoms with Crippen molar-refractivity contribution in [3.63, 3.8) is 0 Å². The molecule has 2 aromatic rings. The molecule has 2 amide bonds. The number of nitrogens with zero attached hydrogens (tertiary/aromatic N) is 1. The zero-order valence-corrected chi connectivity index (χ0v) is 15.5. The molecule has 2 atom stereocenters. The zero-order valence-electron chi connectivity index (χ0n) is 14.8. The van der Waals surface area contributed by atoms with Gasteiger partial charge in [0.1, 0.15) is 0 Å². The smallest absolute Gasteiger partial charge is 0.319 e. The summed E-state index contributed by atoms with van der Waals surface area (Å²) >= 11 is 6.24. The second-order valence-corrected chi connectivity index (χ2v) is 7.07. The summed E-state index contributed by atoms with van der Waals surface area (Å²) in [5.74, 6) is 0. The molecule has 6 heteroatoms. The Kier molecular flexibility index (Phi) is 5.47. The molecular formula is C19H24ClN3O2. The molecule has 134 valence electrons. The first-order valence-corrected chi connectivity index (χ1v) is 8.89. The predicted molar refractivity (Wildman–Crippen MR) is 102 cm³/mol. The van der Waals surface area contributed by atoms with E-state index in [0.717, 1.165) is 29.5 Å². The third-order valence-electron chi connectivity index (χ3n) is 4.76. The van der Waals surface area contributed by atoms with E-state index >= 15 is 0 Å². The van der Waals surface area contributed by atoms with Crippen molar-refractivity contribution in [3.05, 3.63) is 41.4 Å². The minimum absolute atomic E-state index is 0.00453. The first kappa shape index (κ1) is 18.0. The molecule has 1 aliphatic rings. The highest BCUT2D eigenvalue weighted by Gasteiger charge is 2.34. The van der Waals surface area contributed by atoms with E-state index in [4.69, 9.17) is 16.3 Å². The van der Waals surface area contributed by atoms with Crippen LogP contribution in [-0.4, -0.2) is 49.3 Å². The number of rotatable bonds is 4. The van der Waals surface area contributed by atoms with Crippen LogP contribution >= 0.6 is 11.6 Å². The third kappa shape index (κ3) is 3.89. The maximum atomic E-state index is 12.5. The van der Waals surface area contributed by atoms with Gasteiger partial charge in [0.05, 0.1) is 17.8 Å². The van der Waals surface area contributed by atoms with Crippen LogP contribution in [0.25, 0.3) is 10.8 Å². The van der Waals surface area contributed by atoms with E-state index in [0.29, 0.717) is 11.1 Å². The number of carbonyl (C=O) groups is 1. The van der Waals surface area contributed by atoms with Crippen molar-refractivity contribution >= 4 is 34.1 Å². The summed E-state index contributed by atoms with van der Waals surface area (Å²) in [4.78, 5) is 14.8. The minimum Gasteiger partial charge on any atom is -0.378 e. The summed E-state index contributed by atoms with van der Waals surface area (Å²) < 4.78 is 5.54. The number of hydrogen-bond acceptors (Lipinski definition) is 3. The van der Waals surface area contributed by atoms with Crippen molar-refractivity contribution in [3.8, 4) is 0 Å². The van der Waals surface area contributed by atoms with Gasteiger partial charge in [0.2, 0.25) is 0 Å². The quantitative estimate of drug-likeness (QED) is 0.872. The second kappa shape index (κ2) is 7.60. The highest BCUT2D eigenvalue weighted by molar-refractivity contribution is 6.36. The van der Waals surface area contributed by atoms with Crippen LogP contribution < -0.4 is 10.6 Å². The lowest BCUT2D eigenvalue weighted by Gasteiger charge is -2.20. The van der Waals surface area contributed by atoms with Crippen LogP contribution in [0.4, 0.5) is 10.5 Å². The number of amides is 2. The van der Waals surface area contributed by atoms with Crippen LogP contribution in [0.2, 0.25) is 5.02 Å². The van der Waals surface area contributed by atoms with Crippen LogP contribution in [0.5, 0.6) is 0 Å². The van der Waals surface area contributed by atoms with Crippen LogP contribution in [0.15, 0.2) is 36.4 Å². The van der Waals surface area contributed by atoms with Gasteiger partial charge in [-0.25, -0.2) is 4.79 Å². The molecule has 25 heavy (non-hydrogen) atoms. The fourth-order valence-corrected chi connectivity index (χ4v) is 3.53. The highest BCUT2D eigenvalue weighted by atomic mass is 35.5. The number of anilines is 1. The number of hydrogen-bond donors (Lipinski definition) is 2. The summed E-state index contributed by atoms with van der Waals surface area (Å²) in [6.07, 6.45) is -0.00453. The van der Waals surface area contributed by atoms with Gasteiger partial charge in [0.25, 0.3) is 0 Å². The molecule has 0 aromatic heterocycles. The SMILES string of the molecule is CO[C@@H]1CN(C(C)C)C[C@H]1NC(=O)Nc1ccc(Cl)c2ccccc12. The number of benzene rings is 2. The molecule has 0 bridgehead atoms. The predicted octanol–water partition coefficient (Wildman–Crippen LogP) is 3.72. The molecule has 0 radical (unpaired) electrons. The van der Waals surface area contributed by atoms with E-state index in [1.165, 1.54) is 0 Å². The molecule has 0 unspecified atom stereocenters. The normalized spacial score (nSPS) is 21.0. The lowest BCUT2D eigenvalue weighted by molar-refractivity contribution is 0.0896. The molecule has 0 aliphatic carbocycles. The molecular weight excluding hydrogens is 338 g/mol. The lowest BCUT2D eigenvalue weighted by atomic mass is 10.1. The van der Waals surface area contributed by atoms with Crippen LogP contribution in [0, 0.1) is 0 Å². The Morgan fingerprint density at radius 3 is 2.60 bits per heavy atom. The summed E-state index contributed by atoms with van der Waals surface area (Å²) in [6, 6.07) is 11.5. The average Bonchev–Trinajstić information content (AvgIpc) is 3.01. The van der Waals surface area contributed by atoms with Crippen molar-refractivity contribution in [1.29, 1.82) is 0 Å². The number of carbonyl (C=O) groups excluding carboxylic acids is 1. The van der Waals surface area contributed by atoms with Crippen molar-refractivity contribution in [2.45, 2.75) is 32.0 Å². The second-order valence-electron chi connectivity index (χ2n) is 6.67. The molecule has 3 rings (SSSR count). The standard InChI is InChI=1S/C19H24ClN3O2/c1-12(2)23-10-17(18(11-23)25-3)22-19(24)21-16-9-8-15(20)13-6-4-5-7-14(13)16/h4-9,12,17-18H,10-11H2,1-3H3,(H2,21,22,24)/t17-,18-/m1/s1. The zero-order chi connectivity index (χ0) is 18.0. The summed E-state index contributed by atoms with van der Waals surface area (Å²) in [5.41, 5.74) is 0.741. The number of urea groups is 1. The van der Waals surface area contributed by atoms with Crippen molar-refractivity contribution in [1.82, 2.24) is 10.2 Å². The summed E-state index contributed by atoms with van der Waals surface area (Å²) in [6.45, 7) is 5.90. The van der Waals surface area contributed by atoms with Crippen LogP contribution in [0.3, 0.4) is 0 Å². The van der Waals surface area contributed by atoms with Crippen molar-refractivity contribution in [2.75, 3.05) is 25.5 Å². The van der Waals surface area contributed by atoms with Gasteiger partial charge in [0, 0.05) is 42.0 Å². The summed E-state index contributed by atoms with van der Waals surface area (Å²) in [5, 5.41) is 8.50. The van der Waals surface area contributed by atoms with E-state index in [9.17, 15) is 4.79 Å². The van der Waals surface area contributed by atoms with Crippen LogP contribution in [0.1, 0.15) is 13.8 Å². The Balaban J connectivity index is 1.72. The molecule has 1 saturated heterocycles. The van der Waals surface area contributed by atoms with E-state index in [-0.39, 0.29) is 18.2 Å². The van der Waals surface area contributed by atoms with Crippen molar-refractivity contribution < 1.29 is 9.53 Å². The van der Waals surface area contributed by atoms with Gasteiger partial charge in [-0.15, -0.1) is 0 Å². The number of nitrogens with one attached hydrogen (secondary N) is 2. The van der Waals surface area contributed by atoms with Gasteiger partial charge in [-0.1, -0.05) is 35.9 Å². The third-order valence-corrected chi connectivity index (χ3v) is 5.09. The number of methoxy groups -OCH3 is 1. The van der Waals surface area contributed by atoms with Gasteiger partial charge < -0.3 is 15.4 Å². The fraction of sp³-hybridized carbons (Fsp3) is 0.421. The molecule has 2 aromatic carbocycles. The maximum absolute atomic E-state index is 12.5. The Labute approximate surface area is 153 Å². The maximum Gasteiger partial charge on any atom is 0.319 e. The van der Waals surface area contributed by atoms with Gasteiger partial charge >= 0.3 is 6.03 Å². The Morgan fingerprint density at radius 2 is 1.92 bits per heavy atom. The van der Waals surface area contributed by atoms with Gasteiger partial charge in [-0.05, 0) is 26.0 Å². The van der Waals surface area contributed by atoms with Gasteiger partial charge in [-0.2, -0.15) is 0 Å². The van der Waals surface area contributed by atoms with E-state index < -0.39 is 0 Å². The Bertz CT molecular complexity index is 765. The molecule has 0 saturated carbocycles. The minimum atomic E-state index is -0.231. The molecule has 2 N–H and O–H groups in total. The molecule has 1 fully saturated rings. The fourth-order valence-electron chi connectivity index (χ4n) is 3.30. The number of fused-ring (bicyclic) bond motifs is 1. The van der Waals surface area contributed by atoms with Crippen molar-refractivity contribution in [2.24, 2.45) is 0 Å². The molecule has 1 aliphatic heterocycles. The van der Waals surface area contributed by atoms with Gasteiger partial charge in [0.15, 0.2) is 0 Å². The Hall–Kier alpha value is -1.82. The molecule has 1 heterocycles. The Morgan fingerprint density at radius 1 is 1.20 bits per heavy atom. The highest BCUT2D eigenvalue weighted by Crippen LogP contribution is 2.29. The number of likely N-dealkylation sites (tertiary alicyclic amines) is 1. The average molecular weight is 362 g/mol. The summed E-state index contributed by atoms with van der Waals surface area (Å²) in [7, 11) is 1.69. The number of ether oxygens (including phenoxy) is 1. The number of halogens is 1. The van der Waals surface area contributed by atoms with E-state index in [1.54, 1.807) is 13.2 Å². The lowest BCUT2D eigenvalue weighted by Crippen LogP contribution is -2.45. The van der Waals surface area contributed by atoms with Crippen LogP contribution in [-0.2, 0) is 4.74 Å². The van der Waals surface area contributed by atoms with E-state index in [1.807, 2.05) is 30.3 Å². The van der Waals surface area contributed by atoms with E-state index in [2.05, 4.69) is 29.4 Å². The van der Waals surface area contributed by atoms with Gasteiger partial charge in [-0.3, -0.25) is 4.90 Å². The first-order valence-electron chi connectivity index (χ1n) is 8.51. The molecule has 5 nitrogen and oxygen atoms in total. The topological polar surface area (TPSA) is 53.6 Å². The largest absolute Gasteiger partial charge is 0.378 e. The first-order chi connectivity index (χ1) is 12.0. The monoisotopic (exact) mass is 361 g/mol. The molecule has 0 spiro atoms.